The van der Waals surface area contributed by atoms with Gasteiger partial charge in [0.1, 0.15) is 0 Å². The van der Waals surface area contributed by atoms with Gasteiger partial charge >= 0.3 is 18.9 Å². The Hall–Kier alpha value is 0.774. The van der Waals surface area contributed by atoms with Crippen molar-refractivity contribution in [2.45, 2.75) is 19.5 Å². The molecule has 0 saturated heterocycles. The van der Waals surface area contributed by atoms with E-state index in [0.29, 0.717) is 0 Å². The average Bonchev–Trinajstić information content (AvgIpc) is 1.61. The zero-order chi connectivity index (χ0) is 5.70. The van der Waals surface area contributed by atoms with Crippen molar-refractivity contribution in [1.29, 1.82) is 0 Å². The monoisotopic (exact) mass is 125 g/mol. The van der Waals surface area contributed by atoms with Gasteiger partial charge < -0.3 is 4.43 Å². The first-order valence-corrected chi connectivity index (χ1v) is 5.46. The summed E-state index contributed by atoms with van der Waals surface area (Å²) in [6.45, 7) is 8.83. The molecule has 1 nitrogen and oxygen atoms in total. The SMILES string of the molecule is [CH2]CCO[SiH](C)C.[LiH]. The van der Waals surface area contributed by atoms with Gasteiger partial charge in [-0.25, -0.2) is 0 Å². The Kier molecular flexibility index (Phi) is 11.2. The molecule has 0 atom stereocenters. The van der Waals surface area contributed by atoms with E-state index in [-0.39, 0.29) is 18.9 Å². The normalized spacial score (nSPS) is 9.00. The number of hydrogen-bond acceptors (Lipinski definition) is 1. The standard InChI is InChI=1S/C5H13OSi.Li.H/c1-4-5-6-7(2)3;;/h7H,1,4-5H2,2-3H3;;. The Morgan fingerprint density at radius 3 is 2.12 bits per heavy atom. The van der Waals surface area contributed by atoms with Crippen molar-refractivity contribution in [2.75, 3.05) is 6.61 Å². The molecule has 0 heterocycles. The van der Waals surface area contributed by atoms with Crippen LogP contribution in [0.25, 0.3) is 0 Å². The molecule has 0 spiro atoms. The van der Waals surface area contributed by atoms with Gasteiger partial charge in [-0.15, -0.1) is 0 Å². The molecule has 0 aliphatic carbocycles. The maximum absolute atomic E-state index is 5.27. The van der Waals surface area contributed by atoms with Crippen LogP contribution in [0.15, 0.2) is 0 Å². The molecule has 0 fully saturated rings. The van der Waals surface area contributed by atoms with E-state index in [0.717, 1.165) is 13.0 Å². The first kappa shape index (κ1) is 11.6. The zero-order valence-corrected chi connectivity index (χ0v) is 6.26. The van der Waals surface area contributed by atoms with Crippen LogP contribution in [0.3, 0.4) is 0 Å². The Labute approximate surface area is 65.7 Å². The van der Waals surface area contributed by atoms with Crippen LogP contribution >= 0.6 is 0 Å². The third-order valence-electron chi connectivity index (χ3n) is 0.596. The summed E-state index contributed by atoms with van der Waals surface area (Å²) in [7, 11) is -0.728. The first-order chi connectivity index (χ1) is 3.27. The summed E-state index contributed by atoms with van der Waals surface area (Å²) in [5, 5.41) is 0. The van der Waals surface area contributed by atoms with E-state index in [1.54, 1.807) is 0 Å². The van der Waals surface area contributed by atoms with Gasteiger partial charge in [0.2, 0.25) is 0 Å². The molecule has 0 bridgehead atoms. The molecule has 0 aromatic heterocycles. The van der Waals surface area contributed by atoms with Crippen LogP contribution in [0.1, 0.15) is 6.42 Å². The van der Waals surface area contributed by atoms with E-state index >= 15 is 0 Å². The molecule has 0 aromatic rings. The quantitative estimate of drug-likeness (QED) is 0.501. The number of hydrogen-bond donors (Lipinski definition) is 0. The molecule has 0 aliphatic rings. The van der Waals surface area contributed by atoms with Crippen molar-refractivity contribution in [3.05, 3.63) is 6.92 Å². The molecule has 0 aliphatic heterocycles. The molecule has 0 rings (SSSR count). The molecule has 0 unspecified atom stereocenters. The fourth-order valence-electron chi connectivity index (χ4n) is 0.319. The minimum atomic E-state index is -0.728. The van der Waals surface area contributed by atoms with Gasteiger partial charge in [0.15, 0.2) is 9.04 Å². The molecule has 45 valence electrons. The van der Waals surface area contributed by atoms with Gasteiger partial charge in [0.25, 0.3) is 0 Å². The van der Waals surface area contributed by atoms with E-state index in [2.05, 4.69) is 20.0 Å². The summed E-state index contributed by atoms with van der Waals surface area (Å²) in [5.41, 5.74) is 0. The van der Waals surface area contributed by atoms with E-state index in [1.807, 2.05) is 0 Å². The van der Waals surface area contributed by atoms with Gasteiger partial charge in [-0.1, -0.05) is 6.92 Å². The van der Waals surface area contributed by atoms with Crippen LogP contribution in [0.2, 0.25) is 13.1 Å². The molecule has 3 heteroatoms. The third-order valence-corrected chi connectivity index (χ3v) is 1.50. The summed E-state index contributed by atoms with van der Waals surface area (Å²) < 4.78 is 5.27. The van der Waals surface area contributed by atoms with Gasteiger partial charge in [-0.3, -0.25) is 0 Å². The second kappa shape index (κ2) is 7.77. The van der Waals surface area contributed by atoms with Crippen molar-refractivity contribution in [3.8, 4) is 0 Å². The van der Waals surface area contributed by atoms with Gasteiger partial charge in [-0.05, 0) is 19.5 Å². The van der Waals surface area contributed by atoms with Crippen molar-refractivity contribution >= 4 is 27.9 Å². The minimum absolute atomic E-state index is 0. The van der Waals surface area contributed by atoms with E-state index in [4.69, 9.17) is 4.43 Å². The van der Waals surface area contributed by atoms with Crippen molar-refractivity contribution < 1.29 is 4.43 Å². The van der Waals surface area contributed by atoms with Crippen LogP contribution in [-0.4, -0.2) is 34.5 Å². The molecule has 1 radical (unpaired) electrons. The number of rotatable bonds is 3. The van der Waals surface area contributed by atoms with E-state index in [1.165, 1.54) is 0 Å². The van der Waals surface area contributed by atoms with Crippen LogP contribution in [0.5, 0.6) is 0 Å². The topological polar surface area (TPSA) is 9.23 Å². The zero-order valence-electron chi connectivity index (χ0n) is 5.11. The first-order valence-electron chi connectivity index (χ1n) is 2.68. The maximum atomic E-state index is 5.27. The molecule has 0 N–H and O–H groups in total. The average molecular weight is 125 g/mol. The summed E-state index contributed by atoms with van der Waals surface area (Å²) in [4.78, 5) is 0. The fraction of sp³-hybridized carbons (Fsp3) is 0.800. The Bertz CT molecular complexity index is 41.4. The van der Waals surface area contributed by atoms with Crippen LogP contribution < -0.4 is 0 Å². The summed E-state index contributed by atoms with van der Waals surface area (Å²) in [6.07, 6.45) is 0.908. The van der Waals surface area contributed by atoms with E-state index < -0.39 is 9.04 Å². The van der Waals surface area contributed by atoms with Crippen molar-refractivity contribution in [1.82, 2.24) is 0 Å². The second-order valence-corrected chi connectivity index (χ2v) is 4.20. The predicted octanol–water partition coefficient (Wildman–Crippen LogP) is 0.562. The van der Waals surface area contributed by atoms with Crippen LogP contribution in [0.4, 0.5) is 0 Å². The molecule has 0 saturated carbocycles. The van der Waals surface area contributed by atoms with E-state index in [9.17, 15) is 0 Å². The Morgan fingerprint density at radius 2 is 2.00 bits per heavy atom. The van der Waals surface area contributed by atoms with Crippen LogP contribution in [0, 0.1) is 6.92 Å². The van der Waals surface area contributed by atoms with Gasteiger partial charge in [0.05, 0.1) is 0 Å². The fourth-order valence-corrected chi connectivity index (χ4v) is 0.957. The summed E-state index contributed by atoms with van der Waals surface area (Å²) in [5.74, 6) is 0. The third kappa shape index (κ3) is 9.91. The van der Waals surface area contributed by atoms with Gasteiger partial charge in [0, 0.05) is 6.61 Å². The summed E-state index contributed by atoms with van der Waals surface area (Å²) >= 11 is 0. The molecule has 0 amide bonds. The molecular weight excluding hydrogens is 111 g/mol. The second-order valence-electron chi connectivity index (χ2n) is 1.77. The molecule has 0 aromatic carbocycles. The molecular formula is C5H14LiOSi. The van der Waals surface area contributed by atoms with Crippen molar-refractivity contribution in [2.24, 2.45) is 0 Å². The van der Waals surface area contributed by atoms with Crippen LogP contribution in [-0.2, 0) is 4.43 Å². The van der Waals surface area contributed by atoms with Gasteiger partial charge in [-0.2, -0.15) is 0 Å². The predicted molar refractivity (Wildman–Crippen MR) is 42.0 cm³/mol. The molecule has 8 heavy (non-hydrogen) atoms. The Morgan fingerprint density at radius 1 is 1.50 bits per heavy atom. The van der Waals surface area contributed by atoms with Crippen molar-refractivity contribution in [3.63, 3.8) is 0 Å². The Balaban J connectivity index is 0. The summed E-state index contributed by atoms with van der Waals surface area (Å²) in [6, 6.07) is 0.